The van der Waals surface area contributed by atoms with Crippen LogP contribution < -0.4 is 15.8 Å². The third-order valence-electron chi connectivity index (χ3n) is 3.49. The molecule has 1 fully saturated rings. The molecule has 0 saturated heterocycles. The number of carbonyl (C=O) groups excluding carboxylic acids is 1. The summed E-state index contributed by atoms with van der Waals surface area (Å²) in [4.78, 5) is 12.0. The largest absolute Gasteiger partial charge is 0.352 e. The third kappa shape index (κ3) is 5.57. The zero-order valence-corrected chi connectivity index (χ0v) is 13.8. The molecule has 8 heteroatoms. The summed E-state index contributed by atoms with van der Waals surface area (Å²) in [5.74, 6) is 0.313. The van der Waals surface area contributed by atoms with Gasteiger partial charge in [-0.25, -0.2) is 13.1 Å². The summed E-state index contributed by atoms with van der Waals surface area (Å²) in [5.41, 5.74) is 5.61. The maximum absolute atomic E-state index is 11.9. The molecule has 1 amide bonds. The number of nitrogens with one attached hydrogen (secondary N) is 2. The molecule has 0 heterocycles. The first-order valence-electron chi connectivity index (χ1n) is 7.07. The standard InChI is InChI=1S/C14H21N3O3S.ClH/c15-10-13(11-6-7-11)17-14(18)8-9-16-21(19,20)12-4-2-1-3-5-12;/h1-5,11,13,16H,6-10,15H2,(H,17,18);1H. The van der Waals surface area contributed by atoms with Crippen molar-refractivity contribution >= 4 is 28.3 Å². The van der Waals surface area contributed by atoms with Gasteiger partial charge < -0.3 is 11.1 Å². The van der Waals surface area contributed by atoms with E-state index in [4.69, 9.17) is 5.73 Å². The molecule has 6 nitrogen and oxygen atoms in total. The lowest BCUT2D eigenvalue weighted by atomic mass is 10.2. The Morgan fingerprint density at radius 2 is 1.91 bits per heavy atom. The Hall–Kier alpha value is -1.15. The lowest BCUT2D eigenvalue weighted by molar-refractivity contribution is -0.121. The smallest absolute Gasteiger partial charge is 0.240 e. The van der Waals surface area contributed by atoms with Gasteiger partial charge in [-0.15, -0.1) is 12.4 Å². The number of hydrogen-bond donors (Lipinski definition) is 3. The zero-order chi connectivity index (χ0) is 15.3. The molecule has 1 aromatic rings. The molecule has 0 spiro atoms. The SMILES string of the molecule is Cl.NCC(NC(=O)CCNS(=O)(=O)c1ccccc1)C1CC1. The highest BCUT2D eigenvalue weighted by atomic mass is 35.5. The summed E-state index contributed by atoms with van der Waals surface area (Å²) < 4.78 is 26.3. The molecular weight excluding hydrogens is 326 g/mol. The molecule has 1 aliphatic carbocycles. The number of hydrogen-bond acceptors (Lipinski definition) is 4. The first-order valence-corrected chi connectivity index (χ1v) is 8.55. The number of amides is 1. The highest BCUT2D eigenvalue weighted by Crippen LogP contribution is 2.32. The van der Waals surface area contributed by atoms with Crippen molar-refractivity contribution in [3.8, 4) is 0 Å². The number of halogens is 1. The Morgan fingerprint density at radius 3 is 2.45 bits per heavy atom. The van der Waals surface area contributed by atoms with Crippen molar-refractivity contribution in [1.29, 1.82) is 0 Å². The second-order valence-electron chi connectivity index (χ2n) is 5.21. The second-order valence-corrected chi connectivity index (χ2v) is 6.97. The minimum absolute atomic E-state index is 0. The molecule has 22 heavy (non-hydrogen) atoms. The van der Waals surface area contributed by atoms with Gasteiger partial charge >= 0.3 is 0 Å². The fourth-order valence-corrected chi connectivity index (χ4v) is 3.18. The molecule has 1 aliphatic rings. The number of nitrogens with two attached hydrogens (primary N) is 1. The van der Waals surface area contributed by atoms with Gasteiger partial charge in [0.1, 0.15) is 0 Å². The molecule has 4 N–H and O–H groups in total. The maximum atomic E-state index is 11.9. The van der Waals surface area contributed by atoms with Crippen LogP contribution in [0.15, 0.2) is 35.2 Å². The monoisotopic (exact) mass is 347 g/mol. The van der Waals surface area contributed by atoms with E-state index in [0.717, 1.165) is 12.8 Å². The fraction of sp³-hybridized carbons (Fsp3) is 0.500. The van der Waals surface area contributed by atoms with Crippen LogP contribution in [0.2, 0.25) is 0 Å². The highest BCUT2D eigenvalue weighted by Gasteiger charge is 2.31. The average molecular weight is 348 g/mol. The Labute approximate surface area is 137 Å². The molecule has 1 aromatic carbocycles. The van der Waals surface area contributed by atoms with Crippen LogP contribution in [0.25, 0.3) is 0 Å². The molecule has 0 bridgehead atoms. The van der Waals surface area contributed by atoms with Crippen molar-refractivity contribution in [3.05, 3.63) is 30.3 Å². The second kappa shape index (κ2) is 8.47. The molecule has 1 atom stereocenters. The normalized spacial score (nSPS) is 15.7. The minimum atomic E-state index is -3.55. The van der Waals surface area contributed by atoms with Crippen LogP contribution in [0, 0.1) is 5.92 Å². The van der Waals surface area contributed by atoms with Crippen molar-refractivity contribution in [2.75, 3.05) is 13.1 Å². The third-order valence-corrected chi connectivity index (χ3v) is 4.97. The van der Waals surface area contributed by atoms with Gasteiger partial charge in [0, 0.05) is 25.6 Å². The van der Waals surface area contributed by atoms with E-state index in [0.29, 0.717) is 12.5 Å². The predicted molar refractivity (Wildman–Crippen MR) is 87.2 cm³/mol. The Kier molecular flexibility index (Phi) is 7.28. The van der Waals surface area contributed by atoms with E-state index in [1.807, 2.05) is 0 Å². The van der Waals surface area contributed by atoms with Crippen LogP contribution in [-0.4, -0.2) is 33.5 Å². The molecule has 0 aliphatic heterocycles. The summed E-state index contributed by atoms with van der Waals surface area (Å²) in [6.45, 7) is 0.497. The van der Waals surface area contributed by atoms with E-state index in [1.54, 1.807) is 18.2 Å². The summed E-state index contributed by atoms with van der Waals surface area (Å²) in [7, 11) is -3.55. The number of sulfonamides is 1. The minimum Gasteiger partial charge on any atom is -0.352 e. The van der Waals surface area contributed by atoms with Crippen molar-refractivity contribution in [3.63, 3.8) is 0 Å². The van der Waals surface area contributed by atoms with Gasteiger partial charge in [-0.2, -0.15) is 0 Å². The molecule has 0 aromatic heterocycles. The van der Waals surface area contributed by atoms with Gasteiger partial charge in [-0.1, -0.05) is 18.2 Å². The van der Waals surface area contributed by atoms with E-state index in [9.17, 15) is 13.2 Å². The van der Waals surface area contributed by atoms with E-state index < -0.39 is 10.0 Å². The Balaban J connectivity index is 0.00000242. The van der Waals surface area contributed by atoms with E-state index in [1.165, 1.54) is 12.1 Å². The molecule has 1 saturated carbocycles. The molecule has 124 valence electrons. The van der Waals surface area contributed by atoms with Gasteiger partial charge in [0.15, 0.2) is 0 Å². The van der Waals surface area contributed by atoms with Gasteiger partial charge in [0.05, 0.1) is 4.90 Å². The fourth-order valence-electron chi connectivity index (χ4n) is 2.13. The summed E-state index contributed by atoms with van der Waals surface area (Å²) in [5, 5.41) is 2.86. The first kappa shape index (κ1) is 18.9. The first-order chi connectivity index (χ1) is 10.0. The Bertz CT molecular complexity index is 576. The zero-order valence-electron chi connectivity index (χ0n) is 12.2. The quantitative estimate of drug-likeness (QED) is 0.642. The van der Waals surface area contributed by atoms with Crippen LogP contribution in [-0.2, 0) is 14.8 Å². The molecule has 1 unspecified atom stereocenters. The van der Waals surface area contributed by atoms with Crippen molar-refractivity contribution in [2.45, 2.75) is 30.2 Å². The molecule has 2 rings (SSSR count). The predicted octanol–water partition coefficient (Wildman–Crippen LogP) is 0.630. The topological polar surface area (TPSA) is 101 Å². The molecular formula is C14H22ClN3O3S. The van der Waals surface area contributed by atoms with Crippen LogP contribution in [0.3, 0.4) is 0 Å². The van der Waals surface area contributed by atoms with Gasteiger partial charge in [-0.05, 0) is 30.9 Å². The van der Waals surface area contributed by atoms with E-state index in [2.05, 4.69) is 10.0 Å². The summed E-state index contributed by atoms with van der Waals surface area (Å²) in [6, 6.07) is 8.10. The van der Waals surface area contributed by atoms with Crippen molar-refractivity contribution in [1.82, 2.24) is 10.0 Å². The highest BCUT2D eigenvalue weighted by molar-refractivity contribution is 7.89. The average Bonchev–Trinajstić information content (AvgIpc) is 3.30. The van der Waals surface area contributed by atoms with Crippen LogP contribution >= 0.6 is 12.4 Å². The van der Waals surface area contributed by atoms with E-state index in [-0.39, 0.29) is 42.2 Å². The summed E-state index contributed by atoms with van der Waals surface area (Å²) in [6.07, 6.45) is 2.31. The van der Waals surface area contributed by atoms with Gasteiger partial charge in [0.25, 0.3) is 0 Å². The maximum Gasteiger partial charge on any atom is 0.240 e. The summed E-state index contributed by atoms with van der Waals surface area (Å²) >= 11 is 0. The number of rotatable bonds is 8. The lowest BCUT2D eigenvalue weighted by Gasteiger charge is -2.16. The molecule has 0 radical (unpaired) electrons. The van der Waals surface area contributed by atoms with Crippen molar-refractivity contribution in [2.24, 2.45) is 11.7 Å². The van der Waals surface area contributed by atoms with Crippen LogP contribution in [0.5, 0.6) is 0 Å². The van der Waals surface area contributed by atoms with Gasteiger partial charge in [-0.3, -0.25) is 4.79 Å². The van der Waals surface area contributed by atoms with Crippen LogP contribution in [0.4, 0.5) is 0 Å². The lowest BCUT2D eigenvalue weighted by Crippen LogP contribution is -2.42. The Morgan fingerprint density at radius 1 is 1.27 bits per heavy atom. The number of carbonyl (C=O) groups is 1. The van der Waals surface area contributed by atoms with Crippen molar-refractivity contribution < 1.29 is 13.2 Å². The van der Waals surface area contributed by atoms with E-state index >= 15 is 0 Å². The number of benzene rings is 1. The van der Waals surface area contributed by atoms with Crippen LogP contribution in [0.1, 0.15) is 19.3 Å². The van der Waals surface area contributed by atoms with Gasteiger partial charge in [0.2, 0.25) is 15.9 Å².